The zero-order chi connectivity index (χ0) is 22.5. The Morgan fingerprint density at radius 2 is 2.00 bits per heavy atom. The average molecular weight is 489 g/mol. The Morgan fingerprint density at radius 3 is 2.81 bits per heavy atom. The Bertz CT molecular complexity index is 1280. The summed E-state index contributed by atoms with van der Waals surface area (Å²) in [5, 5.41) is 26.9. The largest absolute Gasteiger partial charge is 0.328 e. The molecule has 0 atom stereocenters. The van der Waals surface area contributed by atoms with Crippen molar-refractivity contribution in [1.82, 2.24) is 15.2 Å². The van der Waals surface area contributed by atoms with E-state index in [0.717, 1.165) is 0 Å². The number of thioether (sulfide) groups is 1. The third-order valence-electron chi connectivity index (χ3n) is 3.95. The van der Waals surface area contributed by atoms with Crippen LogP contribution in [0.3, 0.4) is 0 Å². The summed E-state index contributed by atoms with van der Waals surface area (Å²) in [4.78, 5) is 27.0. The molecule has 0 saturated heterocycles. The fourth-order valence-corrected chi connectivity index (χ4v) is 4.82. The van der Waals surface area contributed by atoms with Crippen molar-refractivity contribution in [2.75, 3.05) is 16.4 Å². The number of halogens is 1. The predicted octanol–water partition coefficient (Wildman–Crippen LogP) is 5.18. The lowest BCUT2D eigenvalue weighted by atomic mass is 10.1. The summed E-state index contributed by atoms with van der Waals surface area (Å²) in [5.74, 6) is -0.599. The maximum atomic E-state index is 13.7. The summed E-state index contributed by atoms with van der Waals surface area (Å²) in [6.07, 6.45) is 0. The lowest BCUT2D eigenvalue weighted by molar-refractivity contribution is -0.384. The van der Waals surface area contributed by atoms with Crippen LogP contribution in [-0.4, -0.2) is 31.8 Å². The fraction of sp³-hybridized carbons (Fsp3) is 0.0526. The number of hydrogen-bond donors (Lipinski definition) is 2. The van der Waals surface area contributed by atoms with Crippen LogP contribution in [0, 0.1) is 15.9 Å². The Kier molecular flexibility index (Phi) is 6.68. The second-order valence-electron chi connectivity index (χ2n) is 6.16. The van der Waals surface area contributed by atoms with Crippen molar-refractivity contribution in [2.24, 2.45) is 0 Å². The van der Waals surface area contributed by atoms with E-state index in [9.17, 15) is 19.3 Å². The standard InChI is InChI=1S/C19H13FN6O3S3/c20-13-6-1-2-7-14(13)21-18-24-25-19(32-18)31-10-16(27)23-17-22-15(9-30-17)11-4-3-5-12(8-11)26(28)29/h1-9H,10H2,(H,21,24)(H,22,23,27). The molecule has 0 aliphatic heterocycles. The first-order valence-electron chi connectivity index (χ1n) is 8.96. The molecule has 2 aromatic heterocycles. The van der Waals surface area contributed by atoms with Crippen LogP contribution in [0.5, 0.6) is 0 Å². The van der Waals surface area contributed by atoms with E-state index in [1.165, 1.54) is 52.6 Å². The van der Waals surface area contributed by atoms with Crippen LogP contribution < -0.4 is 10.6 Å². The van der Waals surface area contributed by atoms with E-state index in [1.54, 1.807) is 35.7 Å². The zero-order valence-electron chi connectivity index (χ0n) is 16.0. The van der Waals surface area contributed by atoms with Gasteiger partial charge in [0.15, 0.2) is 9.47 Å². The van der Waals surface area contributed by atoms with Crippen LogP contribution in [0.2, 0.25) is 0 Å². The molecule has 0 aliphatic carbocycles. The topological polar surface area (TPSA) is 123 Å². The van der Waals surface area contributed by atoms with E-state index in [1.807, 2.05) is 0 Å². The first-order chi connectivity index (χ1) is 15.5. The number of carbonyl (C=O) groups excluding carboxylic acids is 1. The SMILES string of the molecule is O=C(CSc1nnc(Nc2ccccc2F)s1)Nc1nc(-c2cccc([N+](=O)[O-])c2)cs1. The number of thiazole rings is 1. The third kappa shape index (κ3) is 5.43. The molecule has 13 heteroatoms. The van der Waals surface area contributed by atoms with E-state index >= 15 is 0 Å². The lowest BCUT2D eigenvalue weighted by Gasteiger charge is -2.02. The number of nitro benzene ring substituents is 1. The summed E-state index contributed by atoms with van der Waals surface area (Å²) < 4.78 is 14.3. The van der Waals surface area contributed by atoms with Gasteiger partial charge in [0.1, 0.15) is 5.82 Å². The summed E-state index contributed by atoms with van der Waals surface area (Å²) in [5.41, 5.74) is 1.39. The molecule has 0 spiro atoms. The van der Waals surface area contributed by atoms with Gasteiger partial charge in [0.2, 0.25) is 11.0 Å². The number of amides is 1. The molecule has 2 N–H and O–H groups in total. The molecule has 0 unspecified atom stereocenters. The molecule has 0 saturated carbocycles. The number of para-hydroxylation sites is 1. The molecule has 0 radical (unpaired) electrons. The van der Waals surface area contributed by atoms with Crippen molar-refractivity contribution in [3.8, 4) is 11.3 Å². The van der Waals surface area contributed by atoms with Crippen molar-refractivity contribution >= 4 is 62.0 Å². The van der Waals surface area contributed by atoms with Crippen LogP contribution >= 0.6 is 34.4 Å². The maximum absolute atomic E-state index is 13.7. The first-order valence-corrected chi connectivity index (χ1v) is 11.6. The smallest absolute Gasteiger partial charge is 0.270 e. The normalized spacial score (nSPS) is 10.7. The van der Waals surface area contributed by atoms with Gasteiger partial charge in [0.25, 0.3) is 5.69 Å². The number of benzene rings is 2. The van der Waals surface area contributed by atoms with Gasteiger partial charge in [0.05, 0.1) is 22.1 Å². The van der Waals surface area contributed by atoms with E-state index < -0.39 is 10.7 Å². The highest BCUT2D eigenvalue weighted by atomic mass is 32.2. The number of nitrogens with zero attached hydrogens (tertiary/aromatic N) is 4. The fourth-order valence-electron chi connectivity index (χ4n) is 2.52. The summed E-state index contributed by atoms with van der Waals surface area (Å²) >= 11 is 3.62. The molecular weight excluding hydrogens is 475 g/mol. The van der Waals surface area contributed by atoms with Crippen molar-refractivity contribution < 1.29 is 14.1 Å². The number of rotatable bonds is 8. The van der Waals surface area contributed by atoms with Gasteiger partial charge < -0.3 is 10.6 Å². The van der Waals surface area contributed by atoms with Gasteiger partial charge in [-0.05, 0) is 12.1 Å². The summed E-state index contributed by atoms with van der Waals surface area (Å²) in [6.45, 7) is 0. The molecule has 162 valence electrons. The molecule has 1 amide bonds. The van der Waals surface area contributed by atoms with Crippen molar-refractivity contribution in [2.45, 2.75) is 4.34 Å². The number of anilines is 3. The van der Waals surface area contributed by atoms with E-state index in [-0.39, 0.29) is 17.3 Å². The Hall–Kier alpha value is -3.42. The third-order valence-corrected chi connectivity index (χ3v) is 6.68. The Morgan fingerprint density at radius 1 is 1.16 bits per heavy atom. The molecule has 2 heterocycles. The minimum Gasteiger partial charge on any atom is -0.328 e. The Labute approximate surface area is 192 Å². The molecule has 0 fully saturated rings. The van der Waals surface area contributed by atoms with Crippen molar-refractivity contribution in [3.63, 3.8) is 0 Å². The van der Waals surface area contributed by atoms with Gasteiger partial charge in [-0.3, -0.25) is 14.9 Å². The number of aromatic nitrogens is 3. The second kappa shape index (κ2) is 9.80. The number of non-ortho nitro benzene ring substituents is 1. The number of hydrogen-bond acceptors (Lipinski definition) is 10. The van der Waals surface area contributed by atoms with Crippen LogP contribution in [0.25, 0.3) is 11.3 Å². The minimum atomic E-state index is -0.472. The summed E-state index contributed by atoms with van der Waals surface area (Å²) in [7, 11) is 0. The predicted molar refractivity (Wildman–Crippen MR) is 123 cm³/mol. The van der Waals surface area contributed by atoms with Crippen LogP contribution in [-0.2, 0) is 4.79 Å². The molecule has 4 rings (SSSR count). The molecule has 9 nitrogen and oxygen atoms in total. The highest BCUT2D eigenvalue weighted by Crippen LogP contribution is 2.30. The van der Waals surface area contributed by atoms with E-state index in [2.05, 4.69) is 25.8 Å². The molecule has 0 aliphatic rings. The first kappa shape index (κ1) is 21.8. The minimum absolute atomic E-state index is 0.0293. The van der Waals surface area contributed by atoms with Crippen LogP contribution in [0.1, 0.15) is 0 Å². The molecule has 32 heavy (non-hydrogen) atoms. The van der Waals surface area contributed by atoms with Gasteiger partial charge in [-0.2, -0.15) is 0 Å². The number of carbonyl (C=O) groups is 1. The Balaban J connectivity index is 1.31. The molecule has 4 aromatic rings. The highest BCUT2D eigenvalue weighted by molar-refractivity contribution is 8.01. The van der Waals surface area contributed by atoms with E-state index in [4.69, 9.17) is 0 Å². The monoisotopic (exact) mass is 488 g/mol. The molecule has 0 bridgehead atoms. The lowest BCUT2D eigenvalue weighted by Crippen LogP contribution is -2.13. The quantitative estimate of drug-likeness (QED) is 0.197. The van der Waals surface area contributed by atoms with Crippen LogP contribution in [0.15, 0.2) is 58.3 Å². The maximum Gasteiger partial charge on any atom is 0.270 e. The number of nitro groups is 1. The molecule has 2 aromatic carbocycles. The van der Waals surface area contributed by atoms with Gasteiger partial charge in [-0.25, -0.2) is 9.37 Å². The van der Waals surface area contributed by atoms with E-state index in [0.29, 0.717) is 31.5 Å². The van der Waals surface area contributed by atoms with Crippen molar-refractivity contribution in [3.05, 3.63) is 69.8 Å². The summed E-state index contributed by atoms with van der Waals surface area (Å²) in [6, 6.07) is 12.4. The van der Waals surface area contributed by atoms with Gasteiger partial charge >= 0.3 is 0 Å². The van der Waals surface area contributed by atoms with Gasteiger partial charge in [0, 0.05) is 23.1 Å². The van der Waals surface area contributed by atoms with Crippen LogP contribution in [0.4, 0.5) is 26.0 Å². The zero-order valence-corrected chi connectivity index (χ0v) is 18.5. The highest BCUT2D eigenvalue weighted by Gasteiger charge is 2.13. The average Bonchev–Trinajstić information content (AvgIpc) is 3.43. The van der Waals surface area contributed by atoms with Gasteiger partial charge in [-0.15, -0.1) is 21.5 Å². The second-order valence-corrected chi connectivity index (χ2v) is 9.22. The van der Waals surface area contributed by atoms with Gasteiger partial charge in [-0.1, -0.05) is 47.4 Å². The number of nitrogens with one attached hydrogen (secondary N) is 2. The molecular formula is C19H13FN6O3S3. The van der Waals surface area contributed by atoms with Crippen molar-refractivity contribution in [1.29, 1.82) is 0 Å².